The Balaban J connectivity index is 4.76. The highest BCUT2D eigenvalue weighted by atomic mass is 14.3. The molecule has 0 aromatic heterocycles. The molecule has 42 heavy (non-hydrogen) atoms. The minimum atomic E-state index is 0.0592. The first kappa shape index (κ1) is 37.7. The Bertz CT molecular complexity index is 945. The van der Waals surface area contributed by atoms with E-state index in [1.807, 2.05) is 0 Å². The Morgan fingerprint density at radius 3 is 0.381 bits per heavy atom. The van der Waals surface area contributed by atoms with E-state index >= 15 is 0 Å². The second-order valence-corrected chi connectivity index (χ2v) is 18.7. The maximum Gasteiger partial charge on any atom is -0.0102 e. The first-order valence-corrected chi connectivity index (χ1v) is 16.0. The largest absolute Gasteiger partial charge is 0.0785 e. The van der Waals surface area contributed by atoms with Gasteiger partial charge in [0.2, 0.25) is 0 Å². The summed E-state index contributed by atoms with van der Waals surface area (Å²) >= 11 is 0. The molecule has 1 aromatic rings. The highest BCUT2D eigenvalue weighted by Gasteiger charge is 2.21. The fraction of sp³-hybridized carbons (Fsp3) is 0.571. The fourth-order valence-corrected chi connectivity index (χ4v) is 3.95. The Labute approximate surface area is 262 Å². The number of hydrogen-bond acceptors (Lipinski definition) is 0. The zero-order valence-corrected chi connectivity index (χ0v) is 30.9. The van der Waals surface area contributed by atoms with Gasteiger partial charge in [-0.25, -0.2) is 0 Å². The highest BCUT2D eigenvalue weighted by molar-refractivity contribution is 5.91. The molecule has 0 saturated heterocycles. The third-order valence-corrected chi connectivity index (χ3v) is 6.24. The lowest BCUT2D eigenvalue weighted by Gasteiger charge is -2.24. The zero-order chi connectivity index (χ0) is 32.9. The van der Waals surface area contributed by atoms with Gasteiger partial charge in [0, 0.05) is 0 Å². The van der Waals surface area contributed by atoms with Gasteiger partial charge in [-0.2, -0.15) is 0 Å². The molecule has 0 aliphatic rings. The van der Waals surface area contributed by atoms with Crippen LogP contribution in [-0.2, 0) is 0 Å². The van der Waals surface area contributed by atoms with E-state index in [9.17, 15) is 0 Å². The van der Waals surface area contributed by atoms with Crippen molar-refractivity contribution in [2.75, 3.05) is 0 Å². The molecule has 0 amide bonds. The molecular formula is C42H66. The van der Waals surface area contributed by atoms with Crippen LogP contribution in [0.2, 0.25) is 0 Å². The van der Waals surface area contributed by atoms with Crippen molar-refractivity contribution in [3.05, 3.63) is 69.8 Å². The lowest BCUT2D eigenvalue weighted by Crippen LogP contribution is -2.07. The van der Waals surface area contributed by atoms with Crippen LogP contribution in [0.5, 0.6) is 0 Å². The quantitative estimate of drug-likeness (QED) is 0.319. The summed E-state index contributed by atoms with van der Waals surface area (Å²) in [6, 6.07) is 0. The minimum Gasteiger partial charge on any atom is -0.0785 e. The van der Waals surface area contributed by atoms with E-state index in [4.69, 9.17) is 0 Å². The van der Waals surface area contributed by atoms with Gasteiger partial charge in [0.1, 0.15) is 0 Å². The highest BCUT2D eigenvalue weighted by Crippen LogP contribution is 2.39. The van der Waals surface area contributed by atoms with Crippen molar-refractivity contribution in [3.8, 4) is 0 Å². The molecular weight excluding hydrogens is 504 g/mol. The first-order chi connectivity index (χ1) is 18.6. The molecule has 0 radical (unpaired) electrons. The monoisotopic (exact) mass is 571 g/mol. The lowest BCUT2D eigenvalue weighted by atomic mass is 9.80. The molecule has 234 valence electrons. The Morgan fingerprint density at radius 1 is 0.214 bits per heavy atom. The van der Waals surface area contributed by atoms with Crippen LogP contribution in [0.25, 0.3) is 36.5 Å². The van der Waals surface area contributed by atoms with Gasteiger partial charge < -0.3 is 0 Å². The topological polar surface area (TPSA) is 0 Å². The van der Waals surface area contributed by atoms with Crippen LogP contribution in [0.3, 0.4) is 0 Å². The third-order valence-electron chi connectivity index (χ3n) is 6.24. The van der Waals surface area contributed by atoms with Crippen molar-refractivity contribution >= 4 is 36.5 Å². The van der Waals surface area contributed by atoms with E-state index in [0.717, 1.165) is 0 Å². The average molecular weight is 571 g/mol. The summed E-state index contributed by atoms with van der Waals surface area (Å²) in [6.07, 6.45) is 28.5. The van der Waals surface area contributed by atoms with Crippen LogP contribution >= 0.6 is 0 Å². The Hall–Kier alpha value is -2.34. The molecule has 0 heterocycles. The molecule has 0 nitrogen and oxygen atoms in total. The normalized spacial score (nSPS) is 15.3. The molecule has 0 aliphatic carbocycles. The third kappa shape index (κ3) is 15.2. The van der Waals surface area contributed by atoms with Crippen LogP contribution in [0, 0.1) is 32.5 Å². The summed E-state index contributed by atoms with van der Waals surface area (Å²) in [6.45, 7) is 41.0. The summed E-state index contributed by atoms with van der Waals surface area (Å²) in [7, 11) is 0. The summed E-state index contributed by atoms with van der Waals surface area (Å²) in [5, 5.41) is 0. The predicted molar refractivity (Wildman–Crippen MR) is 197 cm³/mol. The van der Waals surface area contributed by atoms with Crippen molar-refractivity contribution in [2.45, 2.75) is 125 Å². The first-order valence-electron chi connectivity index (χ1n) is 16.0. The molecule has 0 aliphatic heterocycles. The second-order valence-electron chi connectivity index (χ2n) is 18.7. The van der Waals surface area contributed by atoms with Gasteiger partial charge in [-0.1, -0.05) is 198 Å². The summed E-state index contributed by atoms with van der Waals surface area (Å²) in [4.78, 5) is 0. The van der Waals surface area contributed by atoms with E-state index in [1.165, 1.54) is 33.4 Å². The van der Waals surface area contributed by atoms with E-state index in [2.05, 4.69) is 198 Å². The average Bonchev–Trinajstić information content (AvgIpc) is 2.72. The van der Waals surface area contributed by atoms with Gasteiger partial charge in [-0.05, 0) is 65.9 Å². The van der Waals surface area contributed by atoms with Crippen LogP contribution in [-0.4, -0.2) is 0 Å². The van der Waals surface area contributed by atoms with Gasteiger partial charge in [0.05, 0.1) is 0 Å². The SMILES string of the molecule is CC(C)(C)/C=C/c1c(/C=C/C(C)(C)C)c(/C=C/C(C)(C)C)c(/C=C/C(C)(C)C)c(/C=C/C(C)(C)C)c1/C=C/C(C)(C)C. The van der Waals surface area contributed by atoms with Crippen LogP contribution in [0.15, 0.2) is 36.5 Å². The van der Waals surface area contributed by atoms with Gasteiger partial charge in [0.15, 0.2) is 0 Å². The standard InChI is InChI=1S/C42H66/c1-37(2,3)25-19-31-32(20-26-38(4,5)6)34(22-28-40(10,11)12)36(24-30-42(16,17)18)35(23-29-41(13,14)15)33(31)21-27-39(7,8)9/h19-30H,1-18H3/b25-19+,26-20+,27-21+,28-22+,29-23+,30-24+. The van der Waals surface area contributed by atoms with Crippen molar-refractivity contribution in [3.63, 3.8) is 0 Å². The summed E-state index contributed by atoms with van der Waals surface area (Å²) in [5.41, 5.74) is 8.03. The second kappa shape index (κ2) is 13.5. The molecule has 0 spiro atoms. The summed E-state index contributed by atoms with van der Waals surface area (Å²) in [5.74, 6) is 0. The van der Waals surface area contributed by atoms with Crippen molar-refractivity contribution in [1.29, 1.82) is 0 Å². The van der Waals surface area contributed by atoms with E-state index in [1.54, 1.807) is 0 Å². The predicted octanol–water partition coefficient (Wildman–Crippen LogP) is 14.0. The smallest absolute Gasteiger partial charge is 0.0102 e. The fourth-order valence-electron chi connectivity index (χ4n) is 3.95. The number of benzene rings is 1. The molecule has 0 unspecified atom stereocenters. The van der Waals surface area contributed by atoms with Crippen molar-refractivity contribution in [1.82, 2.24) is 0 Å². The van der Waals surface area contributed by atoms with Crippen LogP contribution in [0.1, 0.15) is 158 Å². The molecule has 0 heteroatoms. The van der Waals surface area contributed by atoms with Gasteiger partial charge in [-0.3, -0.25) is 0 Å². The molecule has 0 N–H and O–H groups in total. The molecule has 0 saturated carbocycles. The number of rotatable bonds is 6. The number of allylic oxidation sites excluding steroid dienone is 6. The lowest BCUT2D eigenvalue weighted by molar-refractivity contribution is 0.545. The maximum atomic E-state index is 2.38. The molecule has 0 atom stereocenters. The van der Waals surface area contributed by atoms with Crippen LogP contribution in [0.4, 0.5) is 0 Å². The number of hydrogen-bond donors (Lipinski definition) is 0. The molecule has 0 fully saturated rings. The van der Waals surface area contributed by atoms with E-state index < -0.39 is 0 Å². The maximum absolute atomic E-state index is 2.38. The minimum absolute atomic E-state index is 0.0592. The van der Waals surface area contributed by atoms with Crippen molar-refractivity contribution < 1.29 is 0 Å². The van der Waals surface area contributed by atoms with Crippen LogP contribution < -0.4 is 0 Å². The van der Waals surface area contributed by atoms with Gasteiger partial charge >= 0.3 is 0 Å². The van der Waals surface area contributed by atoms with E-state index in [-0.39, 0.29) is 32.5 Å². The van der Waals surface area contributed by atoms with E-state index in [0.29, 0.717) is 0 Å². The zero-order valence-electron chi connectivity index (χ0n) is 30.9. The molecule has 1 rings (SSSR count). The van der Waals surface area contributed by atoms with Gasteiger partial charge in [0.25, 0.3) is 0 Å². The Morgan fingerprint density at radius 2 is 0.310 bits per heavy atom. The Kier molecular flexibility index (Phi) is 12.1. The molecule has 0 bridgehead atoms. The summed E-state index contributed by atoms with van der Waals surface area (Å²) < 4.78 is 0. The van der Waals surface area contributed by atoms with Crippen molar-refractivity contribution in [2.24, 2.45) is 32.5 Å². The molecule has 1 aromatic carbocycles. The van der Waals surface area contributed by atoms with Gasteiger partial charge in [-0.15, -0.1) is 0 Å².